The molecule has 1 saturated heterocycles. The minimum atomic E-state index is 0.478. The molecule has 2 atom stereocenters. The first-order valence-electron chi connectivity index (χ1n) is 7.34. The Morgan fingerprint density at radius 1 is 0.812 bits per heavy atom. The molecular weight excluding hydrogens is 196 g/mol. The standard InChI is InChI=1S/C14H28N2/c15-14-9-5-3-4-8-13(14)12-16-10-6-1-2-7-11-16/h13-14H,1-12,15H2. The quantitative estimate of drug-likeness (QED) is 0.731. The van der Waals surface area contributed by atoms with Gasteiger partial charge in [0.15, 0.2) is 0 Å². The predicted molar refractivity (Wildman–Crippen MR) is 69.5 cm³/mol. The highest BCUT2D eigenvalue weighted by Crippen LogP contribution is 2.24. The van der Waals surface area contributed by atoms with Gasteiger partial charge in [0, 0.05) is 12.6 Å². The van der Waals surface area contributed by atoms with Crippen molar-refractivity contribution < 1.29 is 0 Å². The summed E-state index contributed by atoms with van der Waals surface area (Å²) >= 11 is 0. The topological polar surface area (TPSA) is 29.3 Å². The van der Waals surface area contributed by atoms with Crippen LogP contribution in [0.15, 0.2) is 0 Å². The van der Waals surface area contributed by atoms with Crippen LogP contribution in [0.4, 0.5) is 0 Å². The van der Waals surface area contributed by atoms with Gasteiger partial charge in [-0.3, -0.25) is 0 Å². The smallest absolute Gasteiger partial charge is 0.00793 e. The fourth-order valence-corrected chi connectivity index (χ4v) is 3.29. The summed E-state index contributed by atoms with van der Waals surface area (Å²) in [5.41, 5.74) is 6.31. The van der Waals surface area contributed by atoms with Gasteiger partial charge in [-0.1, -0.05) is 32.1 Å². The molecule has 2 heteroatoms. The summed E-state index contributed by atoms with van der Waals surface area (Å²) in [5.74, 6) is 0.778. The van der Waals surface area contributed by atoms with Crippen molar-refractivity contribution in [2.75, 3.05) is 19.6 Å². The second-order valence-corrected chi connectivity index (χ2v) is 5.78. The van der Waals surface area contributed by atoms with Crippen LogP contribution in [0.5, 0.6) is 0 Å². The summed E-state index contributed by atoms with van der Waals surface area (Å²) in [6, 6.07) is 0.478. The zero-order valence-electron chi connectivity index (χ0n) is 10.7. The Kier molecular flexibility index (Phi) is 5.11. The van der Waals surface area contributed by atoms with Crippen LogP contribution >= 0.6 is 0 Å². The fourth-order valence-electron chi connectivity index (χ4n) is 3.29. The molecule has 1 aliphatic carbocycles. The third kappa shape index (κ3) is 3.74. The largest absolute Gasteiger partial charge is 0.327 e. The van der Waals surface area contributed by atoms with Crippen molar-refractivity contribution in [2.24, 2.45) is 11.7 Å². The van der Waals surface area contributed by atoms with E-state index in [1.165, 1.54) is 77.4 Å². The van der Waals surface area contributed by atoms with Gasteiger partial charge in [0.1, 0.15) is 0 Å². The molecule has 2 rings (SSSR count). The molecule has 1 heterocycles. The predicted octanol–water partition coefficient (Wildman–Crippen LogP) is 2.77. The van der Waals surface area contributed by atoms with E-state index in [9.17, 15) is 0 Å². The van der Waals surface area contributed by atoms with Gasteiger partial charge in [-0.25, -0.2) is 0 Å². The molecule has 2 N–H and O–H groups in total. The normalized spacial score (nSPS) is 34.3. The van der Waals surface area contributed by atoms with Gasteiger partial charge in [0.2, 0.25) is 0 Å². The molecule has 1 aliphatic heterocycles. The lowest BCUT2D eigenvalue weighted by atomic mass is 9.95. The highest BCUT2D eigenvalue weighted by atomic mass is 15.1. The fraction of sp³-hybridized carbons (Fsp3) is 1.00. The maximum Gasteiger partial charge on any atom is 0.00793 e. The highest BCUT2D eigenvalue weighted by Gasteiger charge is 2.23. The Labute approximate surface area is 101 Å². The molecule has 0 spiro atoms. The maximum absolute atomic E-state index is 6.31. The third-order valence-electron chi connectivity index (χ3n) is 4.41. The van der Waals surface area contributed by atoms with Crippen LogP contribution in [-0.4, -0.2) is 30.6 Å². The molecular formula is C14H28N2. The van der Waals surface area contributed by atoms with Crippen molar-refractivity contribution in [3.8, 4) is 0 Å². The Morgan fingerprint density at radius 2 is 1.44 bits per heavy atom. The zero-order valence-corrected chi connectivity index (χ0v) is 10.7. The SMILES string of the molecule is NC1CCCCCC1CN1CCCCCC1. The van der Waals surface area contributed by atoms with Crippen molar-refractivity contribution in [1.82, 2.24) is 4.90 Å². The van der Waals surface area contributed by atoms with E-state index in [0.717, 1.165) is 5.92 Å². The highest BCUT2D eigenvalue weighted by molar-refractivity contribution is 4.79. The lowest BCUT2D eigenvalue weighted by molar-refractivity contribution is 0.213. The van der Waals surface area contributed by atoms with Crippen LogP contribution in [0, 0.1) is 5.92 Å². The van der Waals surface area contributed by atoms with E-state index in [-0.39, 0.29) is 0 Å². The lowest BCUT2D eigenvalue weighted by Crippen LogP contribution is -2.39. The number of hydrogen-bond acceptors (Lipinski definition) is 2. The molecule has 1 saturated carbocycles. The molecule has 16 heavy (non-hydrogen) atoms. The van der Waals surface area contributed by atoms with E-state index >= 15 is 0 Å². The Bertz CT molecular complexity index is 185. The van der Waals surface area contributed by atoms with Crippen LogP contribution < -0.4 is 5.73 Å². The molecule has 0 aromatic carbocycles. The van der Waals surface area contributed by atoms with E-state index in [1.807, 2.05) is 0 Å². The Hall–Kier alpha value is -0.0800. The number of likely N-dealkylation sites (tertiary alicyclic amines) is 1. The second kappa shape index (κ2) is 6.61. The summed E-state index contributed by atoms with van der Waals surface area (Å²) in [4.78, 5) is 2.68. The Balaban J connectivity index is 1.81. The van der Waals surface area contributed by atoms with Gasteiger partial charge in [-0.05, 0) is 44.7 Å². The lowest BCUT2D eigenvalue weighted by Gasteiger charge is -2.28. The number of hydrogen-bond donors (Lipinski definition) is 1. The summed E-state index contributed by atoms with van der Waals surface area (Å²) in [5, 5.41) is 0. The number of rotatable bonds is 2. The first-order valence-corrected chi connectivity index (χ1v) is 7.34. The van der Waals surface area contributed by atoms with E-state index < -0.39 is 0 Å². The average molecular weight is 224 g/mol. The van der Waals surface area contributed by atoms with Gasteiger partial charge in [-0.2, -0.15) is 0 Å². The monoisotopic (exact) mass is 224 g/mol. The van der Waals surface area contributed by atoms with Gasteiger partial charge < -0.3 is 10.6 Å². The molecule has 0 aromatic heterocycles. The van der Waals surface area contributed by atoms with E-state index in [0.29, 0.717) is 6.04 Å². The van der Waals surface area contributed by atoms with Crippen LogP contribution in [0.2, 0.25) is 0 Å². The minimum absolute atomic E-state index is 0.478. The van der Waals surface area contributed by atoms with Crippen LogP contribution in [-0.2, 0) is 0 Å². The average Bonchev–Trinajstić information content (AvgIpc) is 2.64. The first-order chi connectivity index (χ1) is 7.86. The first kappa shape index (κ1) is 12.4. The maximum atomic E-state index is 6.31. The molecule has 2 nitrogen and oxygen atoms in total. The third-order valence-corrected chi connectivity index (χ3v) is 4.41. The van der Waals surface area contributed by atoms with Crippen LogP contribution in [0.1, 0.15) is 57.8 Å². The zero-order chi connectivity index (χ0) is 11.2. The van der Waals surface area contributed by atoms with Gasteiger partial charge in [0.05, 0.1) is 0 Å². The molecule has 2 aliphatic rings. The molecule has 0 bridgehead atoms. The second-order valence-electron chi connectivity index (χ2n) is 5.78. The van der Waals surface area contributed by atoms with Crippen molar-refractivity contribution in [3.05, 3.63) is 0 Å². The summed E-state index contributed by atoms with van der Waals surface area (Å²) in [7, 11) is 0. The van der Waals surface area contributed by atoms with Gasteiger partial charge in [-0.15, -0.1) is 0 Å². The van der Waals surface area contributed by atoms with Crippen LogP contribution in [0.25, 0.3) is 0 Å². The van der Waals surface area contributed by atoms with E-state index in [4.69, 9.17) is 5.73 Å². The summed E-state index contributed by atoms with van der Waals surface area (Å²) < 4.78 is 0. The molecule has 94 valence electrons. The van der Waals surface area contributed by atoms with E-state index in [1.54, 1.807) is 0 Å². The minimum Gasteiger partial charge on any atom is -0.327 e. The van der Waals surface area contributed by atoms with Crippen LogP contribution in [0.3, 0.4) is 0 Å². The van der Waals surface area contributed by atoms with Crippen molar-refractivity contribution in [2.45, 2.75) is 63.8 Å². The van der Waals surface area contributed by atoms with Crippen molar-refractivity contribution >= 4 is 0 Å². The Morgan fingerprint density at radius 3 is 2.19 bits per heavy atom. The number of nitrogens with zero attached hydrogens (tertiary/aromatic N) is 1. The summed E-state index contributed by atoms with van der Waals surface area (Å²) in [6.07, 6.45) is 12.5. The van der Waals surface area contributed by atoms with Gasteiger partial charge in [0.25, 0.3) is 0 Å². The molecule has 2 fully saturated rings. The molecule has 2 unspecified atom stereocenters. The number of nitrogens with two attached hydrogens (primary N) is 1. The van der Waals surface area contributed by atoms with E-state index in [2.05, 4.69) is 4.90 Å². The molecule has 0 amide bonds. The summed E-state index contributed by atoms with van der Waals surface area (Å²) in [6.45, 7) is 3.92. The molecule has 0 aromatic rings. The van der Waals surface area contributed by atoms with Crippen molar-refractivity contribution in [3.63, 3.8) is 0 Å². The van der Waals surface area contributed by atoms with Crippen molar-refractivity contribution in [1.29, 1.82) is 0 Å². The molecule has 0 radical (unpaired) electrons. The van der Waals surface area contributed by atoms with Gasteiger partial charge >= 0.3 is 0 Å².